The maximum absolute atomic E-state index is 5.92. The highest BCUT2D eigenvalue weighted by atomic mass is 16.5. The van der Waals surface area contributed by atoms with Crippen molar-refractivity contribution in [3.8, 4) is 5.88 Å². The quantitative estimate of drug-likeness (QED) is 0.486. The van der Waals surface area contributed by atoms with Crippen molar-refractivity contribution >= 4 is 0 Å². The molecule has 1 aromatic heterocycles. The van der Waals surface area contributed by atoms with E-state index in [1.54, 1.807) is 12.4 Å². The van der Waals surface area contributed by atoms with E-state index in [-0.39, 0.29) is 0 Å². The van der Waals surface area contributed by atoms with E-state index in [0.29, 0.717) is 0 Å². The van der Waals surface area contributed by atoms with Crippen molar-refractivity contribution in [2.45, 2.75) is 52.0 Å². The van der Waals surface area contributed by atoms with Crippen LogP contribution >= 0.6 is 0 Å². The summed E-state index contributed by atoms with van der Waals surface area (Å²) in [5, 5.41) is 0. The molecule has 0 aliphatic heterocycles. The highest BCUT2D eigenvalue weighted by molar-refractivity contribution is 5.13. The molecule has 2 aromatic rings. The van der Waals surface area contributed by atoms with E-state index in [0.717, 1.165) is 25.5 Å². The van der Waals surface area contributed by atoms with Gasteiger partial charge in [0.15, 0.2) is 12.7 Å². The summed E-state index contributed by atoms with van der Waals surface area (Å²) < 4.78 is 8.03. The van der Waals surface area contributed by atoms with Gasteiger partial charge in [0.25, 0.3) is 0 Å². The van der Waals surface area contributed by atoms with Crippen molar-refractivity contribution in [2.24, 2.45) is 0 Å². The third-order valence-electron chi connectivity index (χ3n) is 3.74. The molecule has 0 fully saturated rings. The summed E-state index contributed by atoms with van der Waals surface area (Å²) in [5.41, 5.74) is 1.27. The van der Waals surface area contributed by atoms with E-state index in [2.05, 4.69) is 40.7 Å². The zero-order valence-electron chi connectivity index (χ0n) is 13.6. The average Bonchev–Trinajstić information content (AvgIpc) is 2.56. The summed E-state index contributed by atoms with van der Waals surface area (Å²) in [6.07, 6.45) is 13.3. The summed E-state index contributed by atoms with van der Waals surface area (Å²) in [4.78, 5) is 4.18. The molecule has 0 N–H and O–H groups in total. The van der Waals surface area contributed by atoms with E-state index in [9.17, 15) is 0 Å². The van der Waals surface area contributed by atoms with Crippen LogP contribution in [0.25, 0.3) is 0 Å². The number of hydrogen-bond donors (Lipinski definition) is 0. The van der Waals surface area contributed by atoms with Gasteiger partial charge in [-0.05, 0) is 6.42 Å². The zero-order chi connectivity index (χ0) is 15.5. The van der Waals surface area contributed by atoms with Gasteiger partial charge >= 0.3 is 5.88 Å². The molecule has 0 aliphatic carbocycles. The van der Waals surface area contributed by atoms with E-state index >= 15 is 0 Å². The largest absolute Gasteiger partial charge is 0.443 e. The lowest BCUT2D eigenvalue weighted by Gasteiger charge is -2.06. The van der Waals surface area contributed by atoms with Gasteiger partial charge < -0.3 is 4.74 Å². The average molecular weight is 299 g/mol. The first-order valence-corrected chi connectivity index (χ1v) is 8.40. The molecular formula is C19H27N2O+. The Kier molecular flexibility index (Phi) is 7.44. The topological polar surface area (TPSA) is 26.0 Å². The van der Waals surface area contributed by atoms with Gasteiger partial charge in [-0.1, -0.05) is 69.4 Å². The third-order valence-corrected chi connectivity index (χ3v) is 3.74. The number of ether oxygens (including phenoxy) is 1. The molecule has 0 radical (unpaired) electrons. The second-order valence-electron chi connectivity index (χ2n) is 5.64. The Morgan fingerprint density at radius 1 is 1.00 bits per heavy atom. The fourth-order valence-corrected chi connectivity index (χ4v) is 2.46. The van der Waals surface area contributed by atoms with Crippen LogP contribution in [0.1, 0.15) is 51.0 Å². The summed E-state index contributed by atoms with van der Waals surface area (Å²) in [5.74, 6) is 0.847. The Labute approximate surface area is 134 Å². The van der Waals surface area contributed by atoms with E-state index in [1.165, 1.54) is 37.7 Å². The van der Waals surface area contributed by atoms with Crippen LogP contribution in [0.4, 0.5) is 0 Å². The van der Waals surface area contributed by atoms with Crippen LogP contribution in [-0.2, 0) is 6.54 Å². The molecule has 118 valence electrons. The smallest absolute Gasteiger partial charge is 0.387 e. The van der Waals surface area contributed by atoms with Gasteiger partial charge in [0.05, 0.1) is 12.8 Å². The van der Waals surface area contributed by atoms with Crippen LogP contribution < -0.4 is 9.30 Å². The second kappa shape index (κ2) is 9.93. The summed E-state index contributed by atoms with van der Waals surface area (Å²) in [6, 6.07) is 10.4. The Morgan fingerprint density at radius 3 is 2.59 bits per heavy atom. The fourth-order valence-electron chi connectivity index (χ4n) is 2.46. The first-order chi connectivity index (χ1) is 10.9. The molecule has 1 aromatic carbocycles. The van der Waals surface area contributed by atoms with E-state index in [4.69, 9.17) is 4.74 Å². The van der Waals surface area contributed by atoms with E-state index in [1.807, 2.05) is 12.3 Å². The molecule has 3 nitrogen and oxygen atoms in total. The van der Waals surface area contributed by atoms with Gasteiger partial charge in [-0.25, -0.2) is 4.98 Å². The minimum Gasteiger partial charge on any atom is -0.443 e. The van der Waals surface area contributed by atoms with Crippen LogP contribution in [0.3, 0.4) is 0 Å². The maximum atomic E-state index is 5.92. The third kappa shape index (κ3) is 5.84. The molecular weight excluding hydrogens is 272 g/mol. The summed E-state index contributed by atoms with van der Waals surface area (Å²) in [7, 11) is 0. The lowest BCUT2D eigenvalue weighted by atomic mass is 10.1. The van der Waals surface area contributed by atoms with Crippen LogP contribution in [-0.4, -0.2) is 11.6 Å². The van der Waals surface area contributed by atoms with Gasteiger partial charge in [0.2, 0.25) is 0 Å². The molecule has 0 amide bonds. The maximum Gasteiger partial charge on any atom is 0.387 e. The molecule has 0 atom stereocenters. The fraction of sp³-hybridized carbons (Fsp3) is 0.474. The van der Waals surface area contributed by atoms with Crippen LogP contribution in [0.15, 0.2) is 48.9 Å². The normalized spacial score (nSPS) is 10.6. The summed E-state index contributed by atoms with van der Waals surface area (Å²) >= 11 is 0. The highest BCUT2D eigenvalue weighted by Gasteiger charge is 2.12. The standard InChI is InChI=1S/C19H27N2O/c1-2-3-4-5-6-10-15-22-19-16-20-13-14-21(19)17-18-11-8-7-9-12-18/h7-9,11-14,16H,2-6,10,15,17H2,1H3/q+1. The Balaban J connectivity index is 1.79. The number of aromatic nitrogens is 2. The van der Waals surface area contributed by atoms with Gasteiger partial charge in [0.1, 0.15) is 6.20 Å². The van der Waals surface area contributed by atoms with Crippen LogP contribution in [0, 0.1) is 0 Å². The Morgan fingerprint density at radius 2 is 1.77 bits per heavy atom. The minimum atomic E-state index is 0.770. The molecule has 2 rings (SSSR count). The number of nitrogens with zero attached hydrogens (tertiary/aromatic N) is 2. The molecule has 1 heterocycles. The van der Waals surface area contributed by atoms with E-state index < -0.39 is 0 Å². The number of benzene rings is 1. The highest BCUT2D eigenvalue weighted by Crippen LogP contribution is 2.07. The van der Waals surface area contributed by atoms with Gasteiger partial charge in [-0.3, -0.25) is 0 Å². The second-order valence-corrected chi connectivity index (χ2v) is 5.64. The van der Waals surface area contributed by atoms with Crippen molar-refractivity contribution in [3.05, 3.63) is 54.5 Å². The number of rotatable bonds is 10. The van der Waals surface area contributed by atoms with Gasteiger partial charge in [-0.2, -0.15) is 4.57 Å². The van der Waals surface area contributed by atoms with Crippen LogP contribution in [0.2, 0.25) is 0 Å². The molecule has 0 aliphatic rings. The monoisotopic (exact) mass is 299 g/mol. The predicted molar refractivity (Wildman–Crippen MR) is 88.8 cm³/mol. The molecule has 0 unspecified atom stereocenters. The van der Waals surface area contributed by atoms with Crippen molar-refractivity contribution in [1.29, 1.82) is 0 Å². The first kappa shape index (κ1) is 16.5. The molecule has 0 saturated carbocycles. The number of hydrogen-bond acceptors (Lipinski definition) is 2. The van der Waals surface area contributed by atoms with Crippen molar-refractivity contribution < 1.29 is 9.30 Å². The first-order valence-electron chi connectivity index (χ1n) is 8.40. The van der Waals surface area contributed by atoms with Crippen molar-refractivity contribution in [3.63, 3.8) is 0 Å². The number of unbranched alkanes of at least 4 members (excludes halogenated alkanes) is 5. The predicted octanol–water partition coefficient (Wildman–Crippen LogP) is 4.16. The molecule has 22 heavy (non-hydrogen) atoms. The molecule has 0 bridgehead atoms. The van der Waals surface area contributed by atoms with Gasteiger partial charge in [-0.15, -0.1) is 0 Å². The molecule has 0 saturated heterocycles. The van der Waals surface area contributed by atoms with Gasteiger partial charge in [0, 0.05) is 5.56 Å². The lowest BCUT2D eigenvalue weighted by molar-refractivity contribution is -0.694. The zero-order valence-corrected chi connectivity index (χ0v) is 13.6. The van der Waals surface area contributed by atoms with Crippen LogP contribution in [0.5, 0.6) is 5.88 Å². The Bertz CT molecular complexity index is 528. The summed E-state index contributed by atoms with van der Waals surface area (Å²) in [6.45, 7) is 3.83. The lowest BCUT2D eigenvalue weighted by Crippen LogP contribution is -2.36. The van der Waals surface area contributed by atoms with Crippen molar-refractivity contribution in [1.82, 2.24) is 4.98 Å². The molecule has 0 spiro atoms. The minimum absolute atomic E-state index is 0.770. The Hall–Kier alpha value is -1.90. The van der Waals surface area contributed by atoms with Crippen molar-refractivity contribution in [2.75, 3.05) is 6.61 Å². The molecule has 3 heteroatoms. The SMILES string of the molecule is CCCCCCCCOc1cncc[n+]1Cc1ccccc1.